The van der Waals surface area contributed by atoms with Gasteiger partial charge in [0, 0.05) is 6.42 Å². The number of anilines is 1. The maximum atomic E-state index is 11.9. The molecule has 4 heteroatoms. The molecule has 2 aromatic rings. The van der Waals surface area contributed by atoms with Crippen molar-refractivity contribution in [1.82, 2.24) is 0 Å². The number of hydrogen-bond acceptors (Lipinski definition) is 4. The van der Waals surface area contributed by atoms with Crippen molar-refractivity contribution in [2.75, 3.05) is 19.5 Å². The standard InChI is InChI=1S/C16H17NO3/c1-19-15-11-13(7-8-14(15)17)16(18)20-10-9-12-5-3-2-4-6-12/h2-8,11H,9-10,17H2,1H3. The van der Waals surface area contributed by atoms with E-state index in [1.54, 1.807) is 18.2 Å². The van der Waals surface area contributed by atoms with Gasteiger partial charge in [-0.1, -0.05) is 30.3 Å². The molecule has 0 aromatic heterocycles. The van der Waals surface area contributed by atoms with E-state index in [1.807, 2.05) is 30.3 Å². The van der Waals surface area contributed by atoms with Crippen LogP contribution in [-0.4, -0.2) is 19.7 Å². The molecule has 2 N–H and O–H groups in total. The van der Waals surface area contributed by atoms with Crippen molar-refractivity contribution in [2.24, 2.45) is 0 Å². The lowest BCUT2D eigenvalue weighted by Gasteiger charge is -2.08. The van der Waals surface area contributed by atoms with Gasteiger partial charge in [-0.05, 0) is 23.8 Å². The molecule has 2 rings (SSSR count). The number of hydrogen-bond donors (Lipinski definition) is 1. The Hall–Kier alpha value is -2.49. The number of esters is 1. The molecule has 4 nitrogen and oxygen atoms in total. The molecular weight excluding hydrogens is 254 g/mol. The van der Waals surface area contributed by atoms with Crippen molar-refractivity contribution in [3.05, 3.63) is 59.7 Å². The number of methoxy groups -OCH3 is 1. The molecule has 0 unspecified atom stereocenters. The minimum absolute atomic E-state index is 0.343. The SMILES string of the molecule is COc1cc(C(=O)OCCc2ccccc2)ccc1N. The zero-order valence-corrected chi connectivity index (χ0v) is 11.3. The van der Waals surface area contributed by atoms with Gasteiger partial charge in [0.2, 0.25) is 0 Å². The van der Waals surface area contributed by atoms with Crippen LogP contribution >= 0.6 is 0 Å². The quantitative estimate of drug-likeness (QED) is 0.671. The Morgan fingerprint density at radius 3 is 2.60 bits per heavy atom. The Labute approximate surface area is 118 Å². The van der Waals surface area contributed by atoms with Crippen LogP contribution < -0.4 is 10.5 Å². The molecular formula is C16H17NO3. The number of rotatable bonds is 5. The highest BCUT2D eigenvalue weighted by atomic mass is 16.5. The molecule has 0 saturated carbocycles. The van der Waals surface area contributed by atoms with Gasteiger partial charge in [0.05, 0.1) is 25.0 Å². The number of benzene rings is 2. The lowest BCUT2D eigenvalue weighted by atomic mass is 10.1. The highest BCUT2D eigenvalue weighted by Gasteiger charge is 2.10. The van der Waals surface area contributed by atoms with E-state index in [-0.39, 0.29) is 5.97 Å². The van der Waals surface area contributed by atoms with Crippen LogP contribution in [0.3, 0.4) is 0 Å². The van der Waals surface area contributed by atoms with Crippen molar-refractivity contribution < 1.29 is 14.3 Å². The summed E-state index contributed by atoms with van der Waals surface area (Å²) in [6.45, 7) is 0.343. The predicted molar refractivity (Wildman–Crippen MR) is 77.8 cm³/mol. The smallest absolute Gasteiger partial charge is 0.338 e. The summed E-state index contributed by atoms with van der Waals surface area (Å²) in [5.41, 5.74) is 7.76. The molecule has 20 heavy (non-hydrogen) atoms. The van der Waals surface area contributed by atoms with Gasteiger partial charge in [-0.3, -0.25) is 0 Å². The van der Waals surface area contributed by atoms with Crippen LogP contribution in [0.15, 0.2) is 48.5 Å². The maximum absolute atomic E-state index is 11.9. The molecule has 104 valence electrons. The van der Waals surface area contributed by atoms with Crippen molar-refractivity contribution in [1.29, 1.82) is 0 Å². The summed E-state index contributed by atoms with van der Waals surface area (Å²) in [6.07, 6.45) is 0.693. The third-order valence-electron chi connectivity index (χ3n) is 2.94. The number of nitrogens with two attached hydrogens (primary N) is 1. The molecule has 0 aliphatic carbocycles. The Kier molecular flexibility index (Phi) is 4.60. The van der Waals surface area contributed by atoms with Crippen LogP contribution in [0.1, 0.15) is 15.9 Å². The summed E-state index contributed by atoms with van der Waals surface area (Å²) in [5.74, 6) is 0.0988. The first kappa shape index (κ1) is 13.9. The van der Waals surface area contributed by atoms with Crippen LogP contribution in [0.2, 0.25) is 0 Å². The molecule has 2 aromatic carbocycles. The van der Waals surface area contributed by atoms with Gasteiger partial charge < -0.3 is 15.2 Å². The number of nitrogen functional groups attached to an aromatic ring is 1. The summed E-state index contributed by atoms with van der Waals surface area (Å²) < 4.78 is 10.3. The third kappa shape index (κ3) is 3.51. The fourth-order valence-corrected chi connectivity index (χ4v) is 1.83. The number of carbonyl (C=O) groups is 1. The van der Waals surface area contributed by atoms with E-state index < -0.39 is 0 Å². The highest BCUT2D eigenvalue weighted by molar-refractivity contribution is 5.90. The summed E-state index contributed by atoms with van der Waals surface area (Å²) in [4.78, 5) is 11.9. The van der Waals surface area contributed by atoms with Gasteiger partial charge in [-0.25, -0.2) is 4.79 Å². The molecule has 0 atom stereocenters. The van der Waals surface area contributed by atoms with Gasteiger partial charge in [0.25, 0.3) is 0 Å². The number of carbonyl (C=O) groups excluding carboxylic acids is 1. The summed E-state index contributed by atoms with van der Waals surface area (Å²) in [6, 6.07) is 14.7. The lowest BCUT2D eigenvalue weighted by Crippen LogP contribution is -2.08. The minimum atomic E-state index is -0.376. The van der Waals surface area contributed by atoms with Crippen LogP contribution in [0.4, 0.5) is 5.69 Å². The normalized spacial score (nSPS) is 10.1. The monoisotopic (exact) mass is 271 g/mol. The zero-order valence-electron chi connectivity index (χ0n) is 11.3. The van der Waals surface area contributed by atoms with Gasteiger partial charge in [-0.15, -0.1) is 0 Å². The first-order valence-corrected chi connectivity index (χ1v) is 6.35. The largest absolute Gasteiger partial charge is 0.495 e. The Morgan fingerprint density at radius 2 is 1.90 bits per heavy atom. The van der Waals surface area contributed by atoms with E-state index in [1.165, 1.54) is 7.11 Å². The molecule has 0 heterocycles. The summed E-state index contributed by atoms with van der Waals surface area (Å²) in [5, 5.41) is 0. The molecule has 0 aliphatic heterocycles. The zero-order chi connectivity index (χ0) is 14.4. The van der Waals surface area contributed by atoms with Crippen LogP contribution in [-0.2, 0) is 11.2 Å². The van der Waals surface area contributed by atoms with Gasteiger partial charge in [0.15, 0.2) is 0 Å². The number of ether oxygens (including phenoxy) is 2. The van der Waals surface area contributed by atoms with E-state index in [4.69, 9.17) is 15.2 Å². The van der Waals surface area contributed by atoms with E-state index in [0.717, 1.165) is 5.56 Å². The fourth-order valence-electron chi connectivity index (χ4n) is 1.83. The predicted octanol–water partition coefficient (Wildman–Crippen LogP) is 2.68. The van der Waals surface area contributed by atoms with E-state index in [9.17, 15) is 4.79 Å². The maximum Gasteiger partial charge on any atom is 0.338 e. The fraction of sp³-hybridized carbons (Fsp3) is 0.188. The second-order valence-corrected chi connectivity index (χ2v) is 4.33. The van der Waals surface area contributed by atoms with Gasteiger partial charge in [0.1, 0.15) is 5.75 Å². The average Bonchev–Trinajstić information content (AvgIpc) is 2.48. The molecule has 0 radical (unpaired) electrons. The molecule has 0 amide bonds. The van der Waals surface area contributed by atoms with Crippen LogP contribution in [0, 0.1) is 0 Å². The van der Waals surface area contributed by atoms with Gasteiger partial charge in [-0.2, -0.15) is 0 Å². The Balaban J connectivity index is 1.92. The molecule has 0 spiro atoms. The molecule has 0 saturated heterocycles. The summed E-state index contributed by atoms with van der Waals surface area (Å²) in [7, 11) is 1.51. The highest BCUT2D eigenvalue weighted by Crippen LogP contribution is 2.22. The van der Waals surface area contributed by atoms with E-state index in [2.05, 4.69) is 0 Å². The van der Waals surface area contributed by atoms with Crippen LogP contribution in [0.5, 0.6) is 5.75 Å². The summed E-state index contributed by atoms with van der Waals surface area (Å²) >= 11 is 0. The van der Waals surface area contributed by atoms with Crippen molar-refractivity contribution in [3.63, 3.8) is 0 Å². The molecule has 0 aliphatic rings. The van der Waals surface area contributed by atoms with Gasteiger partial charge >= 0.3 is 5.97 Å². The first-order valence-electron chi connectivity index (χ1n) is 6.35. The molecule has 0 fully saturated rings. The van der Waals surface area contributed by atoms with Crippen molar-refractivity contribution in [3.8, 4) is 5.75 Å². The minimum Gasteiger partial charge on any atom is -0.495 e. The topological polar surface area (TPSA) is 61.5 Å². The Morgan fingerprint density at radius 1 is 1.15 bits per heavy atom. The molecule has 0 bridgehead atoms. The van der Waals surface area contributed by atoms with E-state index in [0.29, 0.717) is 30.0 Å². The second-order valence-electron chi connectivity index (χ2n) is 4.33. The average molecular weight is 271 g/mol. The van der Waals surface area contributed by atoms with Crippen molar-refractivity contribution >= 4 is 11.7 Å². The second kappa shape index (κ2) is 6.61. The van der Waals surface area contributed by atoms with Crippen molar-refractivity contribution in [2.45, 2.75) is 6.42 Å². The lowest BCUT2D eigenvalue weighted by molar-refractivity contribution is 0.0509. The Bertz CT molecular complexity index is 582. The van der Waals surface area contributed by atoms with E-state index >= 15 is 0 Å². The van der Waals surface area contributed by atoms with Crippen LogP contribution in [0.25, 0.3) is 0 Å². The first-order chi connectivity index (χ1) is 9.70. The third-order valence-corrected chi connectivity index (χ3v) is 2.94.